The van der Waals surface area contributed by atoms with E-state index in [1.165, 1.54) is 0 Å². The van der Waals surface area contributed by atoms with Crippen LogP contribution in [0, 0.1) is 0 Å². The first-order valence-electron chi connectivity index (χ1n) is 6.21. The van der Waals surface area contributed by atoms with Crippen LogP contribution in [0.4, 0.5) is 0 Å². The van der Waals surface area contributed by atoms with E-state index in [1.807, 2.05) is 20.8 Å². The molecule has 3 nitrogen and oxygen atoms in total. The minimum Gasteiger partial charge on any atom is -0.489 e. The number of nitrogens with one attached hydrogen (secondary N) is 1. The number of hydrogen-bond donors (Lipinski definition) is 1. The van der Waals surface area contributed by atoms with Gasteiger partial charge in [0.2, 0.25) is 0 Å². The SMILES string of the molecule is C=C(C)COc1ccc(C(=O)N[C@@H](C)CC)cc1. The minimum absolute atomic E-state index is 0.0456. The summed E-state index contributed by atoms with van der Waals surface area (Å²) in [6.07, 6.45) is 0.922. The van der Waals surface area contributed by atoms with E-state index in [2.05, 4.69) is 11.9 Å². The fourth-order valence-corrected chi connectivity index (χ4v) is 1.32. The zero-order valence-electron chi connectivity index (χ0n) is 11.3. The molecule has 0 fully saturated rings. The van der Waals surface area contributed by atoms with Crippen molar-refractivity contribution in [3.8, 4) is 5.75 Å². The van der Waals surface area contributed by atoms with Crippen molar-refractivity contribution in [2.45, 2.75) is 33.2 Å². The van der Waals surface area contributed by atoms with Gasteiger partial charge in [0.1, 0.15) is 12.4 Å². The quantitative estimate of drug-likeness (QED) is 0.784. The Balaban J connectivity index is 2.59. The van der Waals surface area contributed by atoms with Gasteiger partial charge >= 0.3 is 0 Å². The van der Waals surface area contributed by atoms with Crippen molar-refractivity contribution in [2.24, 2.45) is 0 Å². The van der Waals surface area contributed by atoms with E-state index in [0.717, 1.165) is 17.7 Å². The van der Waals surface area contributed by atoms with Crippen molar-refractivity contribution in [2.75, 3.05) is 6.61 Å². The van der Waals surface area contributed by atoms with Crippen LogP contribution in [0.5, 0.6) is 5.75 Å². The van der Waals surface area contributed by atoms with Crippen molar-refractivity contribution in [1.29, 1.82) is 0 Å². The van der Waals surface area contributed by atoms with Gasteiger partial charge in [0.15, 0.2) is 0 Å². The van der Waals surface area contributed by atoms with Gasteiger partial charge in [-0.05, 0) is 50.1 Å². The second kappa shape index (κ2) is 6.84. The number of carbonyl (C=O) groups excluding carboxylic acids is 1. The normalized spacial score (nSPS) is 11.7. The number of ether oxygens (including phenoxy) is 1. The highest BCUT2D eigenvalue weighted by Gasteiger charge is 2.08. The summed E-state index contributed by atoms with van der Waals surface area (Å²) in [5, 5.41) is 2.92. The zero-order chi connectivity index (χ0) is 13.5. The highest BCUT2D eigenvalue weighted by Crippen LogP contribution is 2.13. The molecule has 1 amide bonds. The Morgan fingerprint density at radius 1 is 1.39 bits per heavy atom. The molecule has 0 aliphatic heterocycles. The van der Waals surface area contributed by atoms with Gasteiger partial charge in [-0.3, -0.25) is 4.79 Å². The number of carbonyl (C=O) groups is 1. The van der Waals surface area contributed by atoms with Gasteiger partial charge in [-0.25, -0.2) is 0 Å². The van der Waals surface area contributed by atoms with Crippen molar-refractivity contribution < 1.29 is 9.53 Å². The fourth-order valence-electron chi connectivity index (χ4n) is 1.32. The molecular formula is C15H21NO2. The highest BCUT2D eigenvalue weighted by molar-refractivity contribution is 5.94. The van der Waals surface area contributed by atoms with E-state index in [0.29, 0.717) is 12.2 Å². The van der Waals surface area contributed by atoms with Crippen molar-refractivity contribution in [1.82, 2.24) is 5.32 Å². The van der Waals surface area contributed by atoms with E-state index in [1.54, 1.807) is 24.3 Å². The molecule has 1 aromatic carbocycles. The van der Waals surface area contributed by atoms with Gasteiger partial charge in [0.05, 0.1) is 0 Å². The average molecular weight is 247 g/mol. The lowest BCUT2D eigenvalue weighted by molar-refractivity contribution is 0.0939. The molecular weight excluding hydrogens is 226 g/mol. The van der Waals surface area contributed by atoms with Gasteiger partial charge in [-0.1, -0.05) is 13.5 Å². The molecule has 0 saturated carbocycles. The summed E-state index contributed by atoms with van der Waals surface area (Å²) in [6.45, 7) is 10.2. The van der Waals surface area contributed by atoms with Crippen molar-refractivity contribution in [3.63, 3.8) is 0 Å². The Hall–Kier alpha value is -1.77. The Morgan fingerprint density at radius 2 is 2.00 bits per heavy atom. The molecule has 0 bridgehead atoms. The first-order chi connectivity index (χ1) is 8.52. The Morgan fingerprint density at radius 3 is 2.50 bits per heavy atom. The topological polar surface area (TPSA) is 38.3 Å². The first-order valence-corrected chi connectivity index (χ1v) is 6.21. The third-order valence-electron chi connectivity index (χ3n) is 2.59. The molecule has 1 rings (SSSR count). The van der Waals surface area contributed by atoms with E-state index in [9.17, 15) is 4.79 Å². The van der Waals surface area contributed by atoms with Crippen molar-refractivity contribution >= 4 is 5.91 Å². The van der Waals surface area contributed by atoms with Crippen LogP contribution >= 0.6 is 0 Å². The molecule has 3 heteroatoms. The second-order valence-corrected chi connectivity index (χ2v) is 4.55. The number of benzene rings is 1. The van der Waals surface area contributed by atoms with Gasteiger partial charge in [0.25, 0.3) is 5.91 Å². The molecule has 0 aliphatic rings. The third-order valence-corrected chi connectivity index (χ3v) is 2.59. The Bertz CT molecular complexity index is 409. The van der Waals surface area contributed by atoms with Crippen LogP contribution in [0.3, 0.4) is 0 Å². The molecule has 0 unspecified atom stereocenters. The minimum atomic E-state index is -0.0456. The van der Waals surface area contributed by atoms with Crippen LogP contribution < -0.4 is 10.1 Å². The highest BCUT2D eigenvalue weighted by atomic mass is 16.5. The van der Waals surface area contributed by atoms with Crippen molar-refractivity contribution in [3.05, 3.63) is 42.0 Å². The third kappa shape index (κ3) is 4.62. The molecule has 0 aliphatic carbocycles. The summed E-state index contributed by atoms with van der Waals surface area (Å²) in [6, 6.07) is 7.33. The second-order valence-electron chi connectivity index (χ2n) is 4.55. The largest absolute Gasteiger partial charge is 0.489 e. The summed E-state index contributed by atoms with van der Waals surface area (Å²) in [5.74, 6) is 0.703. The predicted molar refractivity (Wildman–Crippen MR) is 74.0 cm³/mol. The average Bonchev–Trinajstić information content (AvgIpc) is 2.36. The van der Waals surface area contributed by atoms with E-state index in [4.69, 9.17) is 4.74 Å². The molecule has 0 aromatic heterocycles. The molecule has 18 heavy (non-hydrogen) atoms. The maximum atomic E-state index is 11.8. The molecule has 98 valence electrons. The summed E-state index contributed by atoms with van der Waals surface area (Å²) >= 11 is 0. The number of rotatable bonds is 6. The smallest absolute Gasteiger partial charge is 0.251 e. The Labute approximate surface area is 109 Å². The van der Waals surface area contributed by atoms with E-state index >= 15 is 0 Å². The van der Waals surface area contributed by atoms with Crippen LogP contribution in [-0.4, -0.2) is 18.6 Å². The van der Waals surface area contributed by atoms with Crippen LogP contribution in [-0.2, 0) is 0 Å². The monoisotopic (exact) mass is 247 g/mol. The molecule has 0 radical (unpaired) electrons. The lowest BCUT2D eigenvalue weighted by Gasteiger charge is -2.11. The number of amides is 1. The first kappa shape index (κ1) is 14.3. The standard InChI is InChI=1S/C15H21NO2/c1-5-12(4)16-15(17)13-6-8-14(9-7-13)18-10-11(2)3/h6-9,12H,2,5,10H2,1,3-4H3,(H,16,17)/t12-/m0/s1. The summed E-state index contributed by atoms with van der Waals surface area (Å²) in [5.41, 5.74) is 1.62. The molecule has 1 N–H and O–H groups in total. The molecule has 1 atom stereocenters. The summed E-state index contributed by atoms with van der Waals surface area (Å²) in [4.78, 5) is 11.8. The molecule has 0 heterocycles. The summed E-state index contributed by atoms with van der Waals surface area (Å²) < 4.78 is 5.47. The molecule has 0 saturated heterocycles. The van der Waals surface area contributed by atoms with Crippen LogP contribution in [0.25, 0.3) is 0 Å². The fraction of sp³-hybridized carbons (Fsp3) is 0.400. The lowest BCUT2D eigenvalue weighted by Crippen LogP contribution is -2.31. The molecule has 0 spiro atoms. The van der Waals surface area contributed by atoms with E-state index < -0.39 is 0 Å². The van der Waals surface area contributed by atoms with Gasteiger partial charge in [-0.15, -0.1) is 0 Å². The summed E-state index contributed by atoms with van der Waals surface area (Å²) in [7, 11) is 0. The van der Waals surface area contributed by atoms with Crippen LogP contribution in [0.2, 0.25) is 0 Å². The maximum absolute atomic E-state index is 11.8. The van der Waals surface area contributed by atoms with Gasteiger partial charge in [0, 0.05) is 11.6 Å². The Kier molecular flexibility index (Phi) is 5.43. The van der Waals surface area contributed by atoms with Gasteiger partial charge in [-0.2, -0.15) is 0 Å². The predicted octanol–water partition coefficient (Wildman–Crippen LogP) is 3.17. The lowest BCUT2D eigenvalue weighted by atomic mass is 10.2. The van der Waals surface area contributed by atoms with Crippen LogP contribution in [0.15, 0.2) is 36.4 Å². The van der Waals surface area contributed by atoms with Crippen LogP contribution in [0.1, 0.15) is 37.6 Å². The zero-order valence-corrected chi connectivity index (χ0v) is 11.3. The maximum Gasteiger partial charge on any atom is 0.251 e. The van der Waals surface area contributed by atoms with Gasteiger partial charge < -0.3 is 10.1 Å². The number of hydrogen-bond acceptors (Lipinski definition) is 2. The molecule has 1 aromatic rings. The van der Waals surface area contributed by atoms with E-state index in [-0.39, 0.29) is 11.9 Å².